The van der Waals surface area contributed by atoms with Crippen molar-refractivity contribution in [1.82, 2.24) is 14.2 Å². The number of hydrogen-bond donors (Lipinski definition) is 1. The normalized spacial score (nSPS) is 16.2. The number of nitrogens with zero attached hydrogens (tertiary/aromatic N) is 2. The van der Waals surface area contributed by atoms with Gasteiger partial charge >= 0.3 is 0 Å². The van der Waals surface area contributed by atoms with Crippen molar-refractivity contribution in [2.24, 2.45) is 7.05 Å². The van der Waals surface area contributed by atoms with Crippen molar-refractivity contribution >= 4 is 10.0 Å². The molecule has 1 fully saturated rings. The van der Waals surface area contributed by atoms with E-state index in [0.29, 0.717) is 11.4 Å². The van der Waals surface area contributed by atoms with E-state index in [4.69, 9.17) is 0 Å². The molecule has 6 heteroatoms. The lowest BCUT2D eigenvalue weighted by molar-refractivity contribution is 0.464. The van der Waals surface area contributed by atoms with Gasteiger partial charge in [0.15, 0.2) is 0 Å². The number of nitrogens with one attached hydrogen (secondary N) is 1. The zero-order valence-electron chi connectivity index (χ0n) is 11.9. The highest BCUT2D eigenvalue weighted by Gasteiger charge is 2.35. The molecule has 1 aliphatic carbocycles. The standard InChI is InChI=1S/C13H23N3O2S/c1-4-7-14-9-12-8-13(10-15(12)2)19(17,18)16(3)11-5-6-11/h8,10-11,14H,4-7,9H2,1-3H3. The Kier molecular flexibility index (Phi) is 4.32. The van der Waals surface area contributed by atoms with E-state index in [0.717, 1.165) is 31.5 Å². The lowest BCUT2D eigenvalue weighted by Crippen LogP contribution is -2.28. The maximum atomic E-state index is 12.4. The van der Waals surface area contributed by atoms with E-state index >= 15 is 0 Å². The second kappa shape index (κ2) is 5.64. The van der Waals surface area contributed by atoms with Crippen molar-refractivity contribution in [3.63, 3.8) is 0 Å². The topological polar surface area (TPSA) is 54.3 Å². The van der Waals surface area contributed by atoms with Crippen LogP contribution in [0.25, 0.3) is 0 Å². The molecule has 1 aliphatic rings. The third kappa shape index (κ3) is 3.19. The molecule has 0 spiro atoms. The molecule has 19 heavy (non-hydrogen) atoms. The average Bonchev–Trinajstić information content (AvgIpc) is 3.14. The van der Waals surface area contributed by atoms with Crippen LogP contribution < -0.4 is 5.32 Å². The molecule has 0 unspecified atom stereocenters. The first kappa shape index (κ1) is 14.6. The zero-order chi connectivity index (χ0) is 14.0. The van der Waals surface area contributed by atoms with Crippen LogP contribution in [0.5, 0.6) is 0 Å². The SMILES string of the molecule is CCCNCc1cc(S(=O)(=O)N(C)C2CC2)cn1C. The van der Waals surface area contributed by atoms with Crippen LogP contribution in [0.1, 0.15) is 31.9 Å². The fourth-order valence-corrected chi connectivity index (χ4v) is 3.60. The third-order valence-electron chi connectivity index (χ3n) is 3.55. The first-order valence-corrected chi connectivity index (χ1v) is 8.24. The van der Waals surface area contributed by atoms with E-state index in [9.17, 15) is 8.42 Å². The first-order chi connectivity index (χ1) is 8.96. The molecule has 1 aromatic heterocycles. The largest absolute Gasteiger partial charge is 0.352 e. The predicted molar refractivity (Wildman–Crippen MR) is 75.4 cm³/mol. The van der Waals surface area contributed by atoms with Crippen molar-refractivity contribution in [1.29, 1.82) is 0 Å². The van der Waals surface area contributed by atoms with Crippen LogP contribution in [0.15, 0.2) is 17.2 Å². The minimum Gasteiger partial charge on any atom is -0.352 e. The second-order valence-electron chi connectivity index (χ2n) is 5.21. The summed E-state index contributed by atoms with van der Waals surface area (Å²) in [5.74, 6) is 0. The van der Waals surface area contributed by atoms with Crippen LogP contribution in [-0.4, -0.2) is 36.9 Å². The summed E-state index contributed by atoms with van der Waals surface area (Å²) < 4.78 is 28.2. The highest BCUT2D eigenvalue weighted by atomic mass is 32.2. The molecule has 0 aliphatic heterocycles. The molecule has 5 nitrogen and oxygen atoms in total. The maximum Gasteiger partial charge on any atom is 0.244 e. The molecular weight excluding hydrogens is 262 g/mol. The maximum absolute atomic E-state index is 12.4. The monoisotopic (exact) mass is 285 g/mol. The minimum absolute atomic E-state index is 0.201. The molecule has 0 saturated heterocycles. The highest BCUT2D eigenvalue weighted by molar-refractivity contribution is 7.89. The molecular formula is C13H23N3O2S. The number of aryl methyl sites for hydroxylation is 1. The van der Waals surface area contributed by atoms with E-state index in [1.807, 2.05) is 11.6 Å². The van der Waals surface area contributed by atoms with Gasteiger partial charge in [-0.15, -0.1) is 0 Å². The molecule has 0 aromatic carbocycles. The predicted octanol–water partition coefficient (Wildman–Crippen LogP) is 1.31. The van der Waals surface area contributed by atoms with Crippen molar-refractivity contribution < 1.29 is 8.42 Å². The number of hydrogen-bond acceptors (Lipinski definition) is 3. The Morgan fingerprint density at radius 1 is 1.47 bits per heavy atom. The Morgan fingerprint density at radius 3 is 2.74 bits per heavy atom. The summed E-state index contributed by atoms with van der Waals surface area (Å²) in [5.41, 5.74) is 0.997. The summed E-state index contributed by atoms with van der Waals surface area (Å²) in [7, 11) is 0.240. The van der Waals surface area contributed by atoms with Gasteiger partial charge in [-0.05, 0) is 31.9 Å². The van der Waals surface area contributed by atoms with Crippen LogP contribution in [0.2, 0.25) is 0 Å². The summed E-state index contributed by atoms with van der Waals surface area (Å²) in [6.07, 6.45) is 4.73. The summed E-state index contributed by atoms with van der Waals surface area (Å²) in [5, 5.41) is 3.29. The van der Waals surface area contributed by atoms with Crippen molar-refractivity contribution in [2.75, 3.05) is 13.6 Å². The van der Waals surface area contributed by atoms with Crippen LogP contribution in [0.4, 0.5) is 0 Å². The van der Waals surface area contributed by atoms with E-state index in [1.165, 1.54) is 4.31 Å². The Hall–Kier alpha value is -0.850. The molecule has 0 amide bonds. The van der Waals surface area contributed by atoms with Gasteiger partial charge in [0.25, 0.3) is 0 Å². The molecule has 1 heterocycles. The molecule has 0 bridgehead atoms. The van der Waals surface area contributed by atoms with Gasteiger partial charge < -0.3 is 9.88 Å². The van der Waals surface area contributed by atoms with Gasteiger partial charge in [0, 0.05) is 38.6 Å². The van der Waals surface area contributed by atoms with Gasteiger partial charge in [0.1, 0.15) is 4.90 Å². The molecule has 108 valence electrons. The van der Waals surface area contributed by atoms with Gasteiger partial charge in [-0.3, -0.25) is 0 Å². The Bertz CT molecular complexity index is 532. The summed E-state index contributed by atoms with van der Waals surface area (Å²) in [6, 6.07) is 1.98. The van der Waals surface area contributed by atoms with Gasteiger partial charge in [-0.2, -0.15) is 4.31 Å². The third-order valence-corrected chi connectivity index (χ3v) is 5.43. The lowest BCUT2D eigenvalue weighted by Gasteiger charge is -2.14. The summed E-state index contributed by atoms with van der Waals surface area (Å²) >= 11 is 0. The van der Waals surface area contributed by atoms with Crippen molar-refractivity contribution in [2.45, 2.75) is 43.7 Å². The van der Waals surface area contributed by atoms with Crippen molar-refractivity contribution in [3.8, 4) is 0 Å². The first-order valence-electron chi connectivity index (χ1n) is 6.80. The zero-order valence-corrected chi connectivity index (χ0v) is 12.7. The molecule has 1 aromatic rings. The van der Waals surface area contributed by atoms with E-state index < -0.39 is 10.0 Å². The molecule has 1 N–H and O–H groups in total. The summed E-state index contributed by atoms with van der Waals surface area (Å²) in [6.45, 7) is 3.75. The molecule has 2 rings (SSSR count). The van der Waals surface area contributed by atoms with Crippen molar-refractivity contribution in [3.05, 3.63) is 18.0 Å². The fourth-order valence-electron chi connectivity index (χ4n) is 2.09. The van der Waals surface area contributed by atoms with E-state index in [2.05, 4.69) is 12.2 Å². The van der Waals surface area contributed by atoms with Crippen LogP contribution in [-0.2, 0) is 23.6 Å². The van der Waals surface area contributed by atoms with Crippen LogP contribution >= 0.6 is 0 Å². The number of sulfonamides is 1. The number of aromatic nitrogens is 1. The van der Waals surface area contributed by atoms with E-state index in [1.54, 1.807) is 19.3 Å². The fraction of sp³-hybridized carbons (Fsp3) is 0.692. The Balaban J connectivity index is 2.14. The summed E-state index contributed by atoms with van der Waals surface area (Å²) in [4.78, 5) is 0.401. The van der Waals surface area contributed by atoms with Gasteiger partial charge in [-0.25, -0.2) is 8.42 Å². The quantitative estimate of drug-likeness (QED) is 0.769. The van der Waals surface area contributed by atoms with Crippen LogP contribution in [0.3, 0.4) is 0 Å². The Morgan fingerprint density at radius 2 is 2.16 bits per heavy atom. The molecule has 1 saturated carbocycles. The van der Waals surface area contributed by atoms with E-state index in [-0.39, 0.29) is 6.04 Å². The molecule has 0 radical (unpaired) electrons. The second-order valence-corrected chi connectivity index (χ2v) is 7.20. The lowest BCUT2D eigenvalue weighted by atomic mass is 10.4. The highest BCUT2D eigenvalue weighted by Crippen LogP contribution is 2.30. The van der Waals surface area contributed by atoms with Gasteiger partial charge in [-0.1, -0.05) is 6.92 Å². The minimum atomic E-state index is -3.32. The van der Waals surface area contributed by atoms with Crippen LogP contribution in [0, 0.1) is 0 Å². The average molecular weight is 285 g/mol. The molecule has 0 atom stereocenters. The van der Waals surface area contributed by atoms with Gasteiger partial charge in [0.2, 0.25) is 10.0 Å². The Labute approximate surface area is 115 Å². The van der Waals surface area contributed by atoms with Gasteiger partial charge in [0.05, 0.1) is 0 Å². The smallest absolute Gasteiger partial charge is 0.244 e. The number of rotatable bonds is 7.